The average molecular weight is 433 g/mol. The van der Waals surface area contributed by atoms with Crippen molar-refractivity contribution in [3.05, 3.63) is 52.9 Å². The van der Waals surface area contributed by atoms with Crippen molar-refractivity contribution in [2.24, 2.45) is 0 Å². The Bertz CT molecular complexity index is 997. The van der Waals surface area contributed by atoms with Crippen molar-refractivity contribution in [3.63, 3.8) is 0 Å². The van der Waals surface area contributed by atoms with E-state index in [1.54, 1.807) is 13.0 Å². The first-order valence-corrected chi connectivity index (χ1v) is 10.9. The van der Waals surface area contributed by atoms with Crippen LogP contribution in [0.1, 0.15) is 35.9 Å². The summed E-state index contributed by atoms with van der Waals surface area (Å²) >= 11 is 7.68. The average Bonchev–Trinajstić information content (AvgIpc) is 3.46. The van der Waals surface area contributed by atoms with Crippen LogP contribution in [0.15, 0.2) is 46.2 Å². The van der Waals surface area contributed by atoms with E-state index in [9.17, 15) is 4.79 Å². The first-order chi connectivity index (χ1) is 14.2. The molecule has 152 valence electrons. The second-order valence-electron chi connectivity index (χ2n) is 6.56. The number of rotatable bonds is 7. The Morgan fingerprint density at radius 2 is 2.10 bits per heavy atom. The van der Waals surface area contributed by atoms with Crippen molar-refractivity contribution < 1.29 is 13.9 Å². The van der Waals surface area contributed by atoms with Gasteiger partial charge in [-0.15, -0.1) is 10.2 Å². The van der Waals surface area contributed by atoms with Crippen LogP contribution in [0.25, 0.3) is 5.69 Å². The maximum Gasteiger partial charge on any atom is 0.341 e. The summed E-state index contributed by atoms with van der Waals surface area (Å²) in [6, 6.07) is 9.25. The number of ether oxygens (including phenoxy) is 1. The molecular formula is C20H21ClN4O3S. The van der Waals surface area contributed by atoms with Crippen molar-refractivity contribution in [2.45, 2.75) is 30.7 Å². The summed E-state index contributed by atoms with van der Waals surface area (Å²) < 4.78 is 12.6. The zero-order valence-electron chi connectivity index (χ0n) is 16.0. The van der Waals surface area contributed by atoms with Crippen LogP contribution in [0.3, 0.4) is 0 Å². The third-order valence-corrected chi connectivity index (χ3v) is 5.81. The normalized spacial score (nSPS) is 13.8. The zero-order valence-corrected chi connectivity index (χ0v) is 17.6. The highest BCUT2D eigenvalue weighted by atomic mass is 35.5. The van der Waals surface area contributed by atoms with Crippen LogP contribution in [0.4, 0.5) is 5.95 Å². The molecule has 0 saturated carbocycles. The van der Waals surface area contributed by atoms with Crippen LogP contribution in [-0.2, 0) is 10.5 Å². The minimum atomic E-state index is -0.383. The van der Waals surface area contributed by atoms with Gasteiger partial charge in [-0.05, 0) is 44.0 Å². The Morgan fingerprint density at radius 1 is 1.28 bits per heavy atom. The molecule has 0 spiro atoms. The van der Waals surface area contributed by atoms with Crippen molar-refractivity contribution in [1.29, 1.82) is 0 Å². The van der Waals surface area contributed by atoms with E-state index >= 15 is 0 Å². The molecule has 9 heteroatoms. The number of halogens is 1. The molecule has 0 bridgehead atoms. The fourth-order valence-electron chi connectivity index (χ4n) is 3.29. The predicted molar refractivity (Wildman–Crippen MR) is 112 cm³/mol. The molecule has 2 aromatic heterocycles. The molecule has 1 aliphatic rings. The minimum absolute atomic E-state index is 0.318. The van der Waals surface area contributed by atoms with Gasteiger partial charge in [-0.25, -0.2) is 4.79 Å². The third kappa shape index (κ3) is 4.28. The molecule has 0 radical (unpaired) electrons. The van der Waals surface area contributed by atoms with E-state index in [1.807, 2.05) is 28.8 Å². The van der Waals surface area contributed by atoms with Gasteiger partial charge in [-0.3, -0.25) is 4.57 Å². The van der Waals surface area contributed by atoms with Crippen LogP contribution < -0.4 is 4.90 Å². The van der Waals surface area contributed by atoms with Crippen molar-refractivity contribution >= 4 is 35.3 Å². The maximum absolute atomic E-state index is 12.1. The summed E-state index contributed by atoms with van der Waals surface area (Å²) in [6.07, 6.45) is 3.78. The fraction of sp³-hybridized carbons (Fsp3) is 0.350. The van der Waals surface area contributed by atoms with Crippen LogP contribution in [-0.4, -0.2) is 40.4 Å². The number of carbonyl (C=O) groups excluding carboxylic acids is 1. The van der Waals surface area contributed by atoms with Gasteiger partial charge in [-0.1, -0.05) is 29.4 Å². The van der Waals surface area contributed by atoms with Gasteiger partial charge in [0.15, 0.2) is 5.16 Å². The number of furan rings is 1. The van der Waals surface area contributed by atoms with Crippen LogP contribution >= 0.6 is 23.4 Å². The highest BCUT2D eigenvalue weighted by Crippen LogP contribution is 2.32. The first-order valence-electron chi connectivity index (χ1n) is 9.50. The molecule has 1 fully saturated rings. The lowest BCUT2D eigenvalue weighted by molar-refractivity contribution is 0.0524. The minimum Gasteiger partial charge on any atom is -0.468 e. The van der Waals surface area contributed by atoms with Crippen molar-refractivity contribution in [3.8, 4) is 5.69 Å². The number of anilines is 1. The van der Waals surface area contributed by atoms with Gasteiger partial charge in [0.1, 0.15) is 11.3 Å². The van der Waals surface area contributed by atoms with Gasteiger partial charge in [0.25, 0.3) is 0 Å². The molecule has 0 N–H and O–H groups in total. The lowest BCUT2D eigenvalue weighted by Gasteiger charge is -2.18. The van der Waals surface area contributed by atoms with Crippen LogP contribution in [0.2, 0.25) is 5.02 Å². The molecule has 1 aliphatic heterocycles. The number of benzene rings is 1. The molecule has 0 unspecified atom stereocenters. The molecule has 0 amide bonds. The quantitative estimate of drug-likeness (QED) is 0.399. The summed E-state index contributed by atoms with van der Waals surface area (Å²) in [5, 5.41) is 10.2. The topological polar surface area (TPSA) is 73.4 Å². The van der Waals surface area contributed by atoms with E-state index in [0.29, 0.717) is 33.9 Å². The second kappa shape index (κ2) is 8.92. The van der Waals surface area contributed by atoms with Crippen LogP contribution in [0.5, 0.6) is 0 Å². The molecule has 3 heterocycles. The summed E-state index contributed by atoms with van der Waals surface area (Å²) in [6.45, 7) is 4.00. The number of aromatic nitrogens is 3. The Labute approximate surface area is 178 Å². The molecule has 0 aliphatic carbocycles. The summed E-state index contributed by atoms with van der Waals surface area (Å²) in [4.78, 5) is 14.3. The Hall–Kier alpha value is -2.45. The molecule has 1 saturated heterocycles. The largest absolute Gasteiger partial charge is 0.468 e. The van der Waals surface area contributed by atoms with E-state index in [1.165, 1.54) is 18.0 Å². The van der Waals surface area contributed by atoms with Gasteiger partial charge >= 0.3 is 5.97 Å². The van der Waals surface area contributed by atoms with E-state index in [-0.39, 0.29) is 5.97 Å². The van der Waals surface area contributed by atoms with Gasteiger partial charge < -0.3 is 14.1 Å². The zero-order chi connectivity index (χ0) is 20.2. The molecular weight excluding hydrogens is 412 g/mol. The SMILES string of the molecule is CCOC(=O)c1ccoc1CSc1nnc(N2CCCC2)n1-c1cccc(Cl)c1. The molecule has 4 rings (SSSR count). The van der Waals surface area contributed by atoms with E-state index in [4.69, 9.17) is 20.8 Å². The number of hydrogen-bond acceptors (Lipinski definition) is 7. The summed E-state index contributed by atoms with van der Waals surface area (Å²) in [5.74, 6) is 1.40. The smallest absolute Gasteiger partial charge is 0.341 e. The highest BCUT2D eigenvalue weighted by molar-refractivity contribution is 7.98. The lowest BCUT2D eigenvalue weighted by atomic mass is 10.3. The van der Waals surface area contributed by atoms with Gasteiger partial charge in [0.05, 0.1) is 24.3 Å². The van der Waals surface area contributed by atoms with Crippen molar-refractivity contribution in [2.75, 3.05) is 24.6 Å². The van der Waals surface area contributed by atoms with Gasteiger partial charge in [-0.2, -0.15) is 0 Å². The Kier molecular flexibility index (Phi) is 6.10. The number of esters is 1. The van der Waals surface area contributed by atoms with E-state index in [0.717, 1.165) is 37.6 Å². The fourth-order valence-corrected chi connectivity index (χ4v) is 4.38. The molecule has 29 heavy (non-hydrogen) atoms. The molecule has 7 nitrogen and oxygen atoms in total. The summed E-state index contributed by atoms with van der Waals surface area (Å²) in [5.41, 5.74) is 1.34. The lowest BCUT2D eigenvalue weighted by Crippen LogP contribution is -2.22. The van der Waals surface area contributed by atoms with Gasteiger partial charge in [0.2, 0.25) is 5.95 Å². The molecule has 3 aromatic rings. The first kappa shape index (κ1) is 19.8. The monoisotopic (exact) mass is 432 g/mol. The van der Waals surface area contributed by atoms with E-state index in [2.05, 4.69) is 15.1 Å². The van der Waals surface area contributed by atoms with E-state index < -0.39 is 0 Å². The predicted octanol–water partition coefficient (Wildman–Crippen LogP) is 4.58. The third-order valence-electron chi connectivity index (χ3n) is 4.64. The standard InChI is InChI=1S/C20H21ClN4O3S/c1-2-27-18(26)16-8-11-28-17(16)13-29-20-23-22-19(24-9-3-4-10-24)25(20)15-7-5-6-14(21)12-15/h5-8,11-12H,2-4,9-10,13H2,1H3. The Morgan fingerprint density at radius 3 is 2.86 bits per heavy atom. The highest BCUT2D eigenvalue weighted by Gasteiger charge is 2.24. The number of carbonyl (C=O) groups is 1. The maximum atomic E-state index is 12.1. The van der Waals surface area contributed by atoms with Crippen LogP contribution in [0, 0.1) is 0 Å². The molecule has 1 aromatic carbocycles. The number of nitrogens with zero attached hydrogens (tertiary/aromatic N) is 4. The summed E-state index contributed by atoms with van der Waals surface area (Å²) in [7, 11) is 0. The molecule has 0 atom stereocenters. The Balaban J connectivity index is 1.63. The number of hydrogen-bond donors (Lipinski definition) is 0. The number of thioether (sulfide) groups is 1. The van der Waals surface area contributed by atoms with Gasteiger partial charge in [0, 0.05) is 18.1 Å². The van der Waals surface area contributed by atoms with Crippen molar-refractivity contribution in [1.82, 2.24) is 14.8 Å². The second-order valence-corrected chi connectivity index (χ2v) is 7.94.